The maximum absolute atomic E-state index is 3.79. The molecule has 1 N–H and O–H groups in total. The fraction of sp³-hybridized carbons (Fsp3) is 0.217. The van der Waals surface area contributed by atoms with Crippen molar-refractivity contribution in [2.24, 2.45) is 0 Å². The summed E-state index contributed by atoms with van der Waals surface area (Å²) >= 11 is 1.93. The molecule has 2 nitrogen and oxygen atoms in total. The Balaban J connectivity index is 1.69. The maximum atomic E-state index is 3.79. The van der Waals surface area contributed by atoms with E-state index >= 15 is 0 Å². The number of benzene rings is 3. The van der Waals surface area contributed by atoms with Gasteiger partial charge in [0, 0.05) is 22.9 Å². The molecule has 1 heterocycles. The highest BCUT2D eigenvalue weighted by atomic mass is 32.2. The number of thioether (sulfide) groups is 1. The second-order valence-electron chi connectivity index (χ2n) is 7.04. The van der Waals surface area contributed by atoms with Crippen LogP contribution in [0.2, 0.25) is 0 Å². The lowest BCUT2D eigenvalue weighted by Crippen LogP contribution is -2.14. The summed E-state index contributed by atoms with van der Waals surface area (Å²) in [6.45, 7) is 0.964. The van der Waals surface area contributed by atoms with Crippen molar-refractivity contribution in [3.63, 3.8) is 0 Å². The highest BCUT2D eigenvalue weighted by Crippen LogP contribution is 2.40. The van der Waals surface area contributed by atoms with Gasteiger partial charge in [-0.25, -0.2) is 0 Å². The van der Waals surface area contributed by atoms with E-state index in [1.54, 1.807) is 0 Å². The molecule has 3 aromatic carbocycles. The Kier molecular flexibility index (Phi) is 5.00. The molecule has 0 bridgehead atoms. The number of nitrogens with one attached hydrogen (secondary N) is 1. The normalized spacial score (nSPS) is 15.9. The van der Waals surface area contributed by atoms with Crippen LogP contribution < -0.4 is 5.32 Å². The van der Waals surface area contributed by atoms with E-state index in [0.29, 0.717) is 0 Å². The molecule has 0 radical (unpaired) electrons. The largest absolute Gasteiger partial charge is 0.374 e. The van der Waals surface area contributed by atoms with Crippen LogP contribution in [0.3, 0.4) is 0 Å². The first-order valence-electron chi connectivity index (χ1n) is 9.00. The van der Waals surface area contributed by atoms with E-state index in [1.807, 2.05) is 11.8 Å². The lowest BCUT2D eigenvalue weighted by molar-refractivity contribution is 0.402. The molecule has 0 fully saturated rings. The van der Waals surface area contributed by atoms with Gasteiger partial charge in [-0.1, -0.05) is 54.6 Å². The van der Waals surface area contributed by atoms with Crippen molar-refractivity contribution in [1.29, 1.82) is 0 Å². The summed E-state index contributed by atoms with van der Waals surface area (Å²) in [6, 6.07) is 26.6. The first-order chi connectivity index (χ1) is 12.7. The quantitative estimate of drug-likeness (QED) is 0.656. The molecular formula is C23H24N2S. The van der Waals surface area contributed by atoms with Crippen molar-refractivity contribution in [1.82, 2.24) is 4.90 Å². The molecule has 0 saturated heterocycles. The van der Waals surface area contributed by atoms with Crippen molar-refractivity contribution in [2.75, 3.05) is 19.4 Å². The van der Waals surface area contributed by atoms with Crippen molar-refractivity contribution >= 4 is 17.4 Å². The van der Waals surface area contributed by atoms with E-state index in [9.17, 15) is 0 Å². The molecule has 0 spiro atoms. The topological polar surface area (TPSA) is 15.3 Å². The van der Waals surface area contributed by atoms with Gasteiger partial charge >= 0.3 is 0 Å². The van der Waals surface area contributed by atoms with Gasteiger partial charge in [0.2, 0.25) is 0 Å². The zero-order valence-corrected chi connectivity index (χ0v) is 16.1. The fourth-order valence-electron chi connectivity index (χ4n) is 3.51. The van der Waals surface area contributed by atoms with Crippen LogP contribution in [-0.4, -0.2) is 19.0 Å². The maximum Gasteiger partial charge on any atom is 0.0781 e. The van der Waals surface area contributed by atoms with Crippen LogP contribution in [-0.2, 0) is 12.3 Å². The summed E-state index contributed by atoms with van der Waals surface area (Å²) in [5, 5.41) is 3.79. The van der Waals surface area contributed by atoms with Gasteiger partial charge in [-0.2, -0.15) is 0 Å². The number of nitrogens with zero attached hydrogens (tertiary/aromatic N) is 1. The van der Waals surface area contributed by atoms with Crippen LogP contribution >= 0.6 is 11.8 Å². The van der Waals surface area contributed by atoms with Crippen LogP contribution in [0.5, 0.6) is 0 Å². The molecule has 1 aliphatic rings. The number of fused-ring (bicyclic) bond motifs is 2. The lowest BCUT2D eigenvalue weighted by atomic mass is 9.94. The van der Waals surface area contributed by atoms with Gasteiger partial charge in [-0.3, -0.25) is 0 Å². The predicted octanol–water partition coefficient (Wildman–Crippen LogP) is 5.56. The van der Waals surface area contributed by atoms with E-state index in [2.05, 4.69) is 97.1 Å². The van der Waals surface area contributed by atoms with Crippen LogP contribution in [0.15, 0.2) is 77.7 Å². The van der Waals surface area contributed by atoms with Crippen molar-refractivity contribution < 1.29 is 0 Å². The zero-order chi connectivity index (χ0) is 17.9. The second kappa shape index (κ2) is 7.56. The van der Waals surface area contributed by atoms with Crippen molar-refractivity contribution in [3.8, 4) is 0 Å². The van der Waals surface area contributed by atoms with E-state index in [0.717, 1.165) is 18.0 Å². The number of rotatable bonds is 4. The highest BCUT2D eigenvalue weighted by molar-refractivity contribution is 7.98. The molecule has 0 aliphatic carbocycles. The summed E-state index contributed by atoms with van der Waals surface area (Å²) in [7, 11) is 4.20. The molecule has 4 rings (SSSR count). The molecule has 3 heteroatoms. The van der Waals surface area contributed by atoms with Gasteiger partial charge < -0.3 is 10.2 Å². The van der Waals surface area contributed by atoms with Crippen LogP contribution in [0.1, 0.15) is 28.3 Å². The predicted molar refractivity (Wildman–Crippen MR) is 112 cm³/mol. The average molecular weight is 361 g/mol. The Bertz CT molecular complexity index is 839. The molecule has 0 amide bonds. The minimum atomic E-state index is 0.178. The second-order valence-corrected chi connectivity index (χ2v) is 8.05. The molecule has 1 atom stereocenters. The first-order valence-corrected chi connectivity index (χ1v) is 9.99. The average Bonchev–Trinajstić information content (AvgIpc) is 2.81. The summed E-state index contributed by atoms with van der Waals surface area (Å²) in [6.07, 6.45) is 0. The summed E-state index contributed by atoms with van der Waals surface area (Å²) in [4.78, 5) is 3.56. The highest BCUT2D eigenvalue weighted by Gasteiger charge is 2.23. The van der Waals surface area contributed by atoms with Crippen molar-refractivity contribution in [3.05, 3.63) is 95.1 Å². The van der Waals surface area contributed by atoms with Crippen LogP contribution in [0.4, 0.5) is 5.69 Å². The molecule has 1 unspecified atom stereocenters. The minimum absolute atomic E-state index is 0.178. The van der Waals surface area contributed by atoms with E-state index < -0.39 is 0 Å². The number of anilines is 1. The Labute approximate surface area is 160 Å². The summed E-state index contributed by atoms with van der Waals surface area (Å²) in [5.74, 6) is 1.02. The zero-order valence-electron chi connectivity index (χ0n) is 15.3. The lowest BCUT2D eigenvalue weighted by Gasteiger charge is -2.23. The monoisotopic (exact) mass is 360 g/mol. The van der Waals surface area contributed by atoms with Gasteiger partial charge in [-0.15, -0.1) is 11.8 Å². The van der Waals surface area contributed by atoms with E-state index in [1.165, 1.54) is 27.1 Å². The Hall–Kier alpha value is -2.23. The molecular weight excluding hydrogens is 336 g/mol. The summed E-state index contributed by atoms with van der Waals surface area (Å²) < 4.78 is 0. The standard InChI is InChI=1S/C23H24N2S/c1-25(2)15-17-11-13-19(14-12-17)24-23-20-8-4-3-7-18(20)16-26-22-10-6-5-9-21(22)23/h3-14,23-24H,15-16H2,1-2H3. The smallest absolute Gasteiger partial charge is 0.0781 e. The number of hydrogen-bond donors (Lipinski definition) is 1. The van der Waals surface area contributed by atoms with Crippen molar-refractivity contribution in [2.45, 2.75) is 23.2 Å². The van der Waals surface area contributed by atoms with Crippen LogP contribution in [0, 0.1) is 0 Å². The third kappa shape index (κ3) is 3.64. The fourth-order valence-corrected chi connectivity index (χ4v) is 4.62. The van der Waals surface area contributed by atoms with Gasteiger partial charge in [0.05, 0.1) is 6.04 Å². The van der Waals surface area contributed by atoms with Gasteiger partial charge in [0.15, 0.2) is 0 Å². The SMILES string of the molecule is CN(C)Cc1ccc(NC2c3ccccc3CSc3ccccc32)cc1. The molecule has 3 aromatic rings. The molecule has 1 aliphatic heterocycles. The molecule has 0 saturated carbocycles. The van der Waals surface area contributed by atoms with Gasteiger partial charge in [0.25, 0.3) is 0 Å². The molecule has 0 aromatic heterocycles. The van der Waals surface area contributed by atoms with Crippen LogP contribution in [0.25, 0.3) is 0 Å². The van der Waals surface area contributed by atoms with Gasteiger partial charge in [-0.05, 0) is 54.5 Å². The summed E-state index contributed by atoms with van der Waals surface area (Å²) in [5.41, 5.74) is 6.64. The first kappa shape index (κ1) is 17.2. The molecule has 132 valence electrons. The third-order valence-electron chi connectivity index (χ3n) is 4.74. The Morgan fingerprint density at radius 1 is 0.885 bits per heavy atom. The number of hydrogen-bond acceptors (Lipinski definition) is 3. The Morgan fingerprint density at radius 2 is 1.58 bits per heavy atom. The van der Waals surface area contributed by atoms with Gasteiger partial charge in [0.1, 0.15) is 0 Å². The third-order valence-corrected chi connectivity index (χ3v) is 5.88. The Morgan fingerprint density at radius 3 is 2.35 bits per heavy atom. The van der Waals surface area contributed by atoms with E-state index in [-0.39, 0.29) is 6.04 Å². The molecule has 26 heavy (non-hydrogen) atoms. The van der Waals surface area contributed by atoms with E-state index in [4.69, 9.17) is 0 Å². The minimum Gasteiger partial charge on any atom is -0.374 e.